The highest BCUT2D eigenvalue weighted by Crippen LogP contribution is 2.17. The number of nitrogens with zero attached hydrogens (tertiary/aromatic N) is 1. The quantitative estimate of drug-likeness (QED) is 0.908. The van der Waals surface area contributed by atoms with Crippen molar-refractivity contribution in [3.8, 4) is 0 Å². The highest BCUT2D eigenvalue weighted by atomic mass is 35.5. The fourth-order valence-corrected chi connectivity index (χ4v) is 1.95. The monoisotopic (exact) mass is 289 g/mol. The Labute approximate surface area is 123 Å². The molecule has 0 aliphatic rings. The Morgan fingerprint density at radius 1 is 1.25 bits per heavy atom. The third-order valence-electron chi connectivity index (χ3n) is 3.00. The van der Waals surface area contributed by atoms with Crippen molar-refractivity contribution >= 4 is 23.3 Å². The first-order valence-corrected chi connectivity index (χ1v) is 6.68. The first-order chi connectivity index (χ1) is 9.60. The predicted molar refractivity (Wildman–Crippen MR) is 81.1 cm³/mol. The Bertz CT molecular complexity index is 598. The molecule has 1 unspecified atom stereocenters. The van der Waals surface area contributed by atoms with E-state index in [4.69, 9.17) is 11.6 Å². The number of hydrogen-bond donors (Lipinski definition) is 2. The van der Waals surface area contributed by atoms with Gasteiger partial charge in [-0.2, -0.15) is 0 Å². The molecule has 0 saturated carbocycles. The van der Waals surface area contributed by atoms with Crippen LogP contribution in [0.15, 0.2) is 42.6 Å². The summed E-state index contributed by atoms with van der Waals surface area (Å²) in [4.78, 5) is 16.3. The van der Waals surface area contributed by atoms with Crippen LogP contribution < -0.4 is 10.6 Å². The molecule has 2 N–H and O–H groups in total. The Morgan fingerprint density at radius 3 is 2.60 bits per heavy atom. The number of anilines is 1. The fraction of sp³-hybridized carbons (Fsp3) is 0.200. The van der Waals surface area contributed by atoms with Gasteiger partial charge < -0.3 is 10.6 Å². The lowest BCUT2D eigenvalue weighted by Crippen LogP contribution is -2.26. The van der Waals surface area contributed by atoms with Crippen LogP contribution in [0.1, 0.15) is 28.9 Å². The first kappa shape index (κ1) is 14.3. The van der Waals surface area contributed by atoms with Crippen molar-refractivity contribution in [2.45, 2.75) is 13.0 Å². The summed E-state index contributed by atoms with van der Waals surface area (Å²) in [6, 6.07) is 10.7. The minimum absolute atomic E-state index is 0.0917. The van der Waals surface area contributed by atoms with Crippen LogP contribution in [0.5, 0.6) is 0 Å². The third-order valence-corrected chi connectivity index (χ3v) is 3.25. The summed E-state index contributed by atoms with van der Waals surface area (Å²) in [5.41, 5.74) is 1.58. The van der Waals surface area contributed by atoms with Crippen molar-refractivity contribution in [2.24, 2.45) is 0 Å². The predicted octanol–water partition coefficient (Wildman–Crippen LogP) is 3.27. The number of pyridine rings is 1. The summed E-state index contributed by atoms with van der Waals surface area (Å²) in [6.45, 7) is 1.93. The van der Waals surface area contributed by atoms with Gasteiger partial charge in [0.2, 0.25) is 0 Å². The van der Waals surface area contributed by atoms with Crippen molar-refractivity contribution in [3.05, 3.63) is 58.7 Å². The molecule has 1 heterocycles. The van der Waals surface area contributed by atoms with E-state index in [1.54, 1.807) is 25.4 Å². The Kier molecular flexibility index (Phi) is 4.58. The van der Waals surface area contributed by atoms with Crippen LogP contribution in [0.3, 0.4) is 0 Å². The second-order valence-corrected chi connectivity index (χ2v) is 4.86. The summed E-state index contributed by atoms with van der Waals surface area (Å²) in [6.07, 6.45) is 1.60. The molecule has 1 amide bonds. The lowest BCUT2D eigenvalue weighted by Gasteiger charge is -2.14. The molecule has 0 aliphatic carbocycles. The zero-order chi connectivity index (χ0) is 14.5. The molecule has 0 spiro atoms. The van der Waals surface area contributed by atoms with Crippen molar-refractivity contribution in [1.82, 2.24) is 10.3 Å². The van der Waals surface area contributed by atoms with E-state index in [9.17, 15) is 4.79 Å². The second-order valence-electron chi connectivity index (χ2n) is 4.43. The molecule has 0 bridgehead atoms. The molecule has 20 heavy (non-hydrogen) atoms. The van der Waals surface area contributed by atoms with E-state index in [2.05, 4.69) is 15.6 Å². The standard InChI is InChI=1S/C15H16ClN3O/c1-10(11-3-5-13(16)6-4-11)19-15(20)12-7-8-18-14(9-12)17-2/h3-10H,1-2H3,(H,17,18)(H,19,20). The molecule has 2 rings (SSSR count). The minimum atomic E-state index is -0.133. The van der Waals surface area contributed by atoms with E-state index in [1.165, 1.54) is 0 Å². The van der Waals surface area contributed by atoms with Crippen LogP contribution in [0, 0.1) is 0 Å². The molecular formula is C15H16ClN3O. The highest BCUT2D eigenvalue weighted by molar-refractivity contribution is 6.30. The number of rotatable bonds is 4. The van der Waals surface area contributed by atoms with Gasteiger partial charge in [-0.15, -0.1) is 0 Å². The summed E-state index contributed by atoms with van der Waals surface area (Å²) >= 11 is 5.85. The number of aromatic nitrogens is 1. The topological polar surface area (TPSA) is 54.0 Å². The third kappa shape index (κ3) is 3.48. The van der Waals surface area contributed by atoms with Gasteiger partial charge in [0.25, 0.3) is 5.91 Å². The van der Waals surface area contributed by atoms with Gasteiger partial charge in [-0.05, 0) is 36.8 Å². The van der Waals surface area contributed by atoms with Gasteiger partial charge in [0.15, 0.2) is 0 Å². The van der Waals surface area contributed by atoms with Crippen LogP contribution in [-0.2, 0) is 0 Å². The van der Waals surface area contributed by atoms with Crippen LogP contribution in [0.4, 0.5) is 5.82 Å². The number of hydrogen-bond acceptors (Lipinski definition) is 3. The normalized spacial score (nSPS) is 11.8. The molecule has 5 heteroatoms. The molecule has 1 atom stereocenters. The van der Waals surface area contributed by atoms with Gasteiger partial charge in [0, 0.05) is 23.8 Å². The maximum atomic E-state index is 12.2. The second kappa shape index (κ2) is 6.39. The van der Waals surface area contributed by atoms with Crippen molar-refractivity contribution in [2.75, 3.05) is 12.4 Å². The molecule has 0 radical (unpaired) electrons. The molecule has 4 nitrogen and oxygen atoms in total. The van der Waals surface area contributed by atoms with Gasteiger partial charge in [0.1, 0.15) is 5.82 Å². The summed E-state index contributed by atoms with van der Waals surface area (Å²) in [5, 5.41) is 6.53. The van der Waals surface area contributed by atoms with E-state index >= 15 is 0 Å². The number of nitrogens with one attached hydrogen (secondary N) is 2. The maximum Gasteiger partial charge on any atom is 0.251 e. The first-order valence-electron chi connectivity index (χ1n) is 6.30. The van der Waals surface area contributed by atoms with Gasteiger partial charge in [-0.3, -0.25) is 4.79 Å². The Hall–Kier alpha value is -2.07. The Balaban J connectivity index is 2.08. The number of halogens is 1. The highest BCUT2D eigenvalue weighted by Gasteiger charge is 2.11. The van der Waals surface area contributed by atoms with Crippen molar-refractivity contribution in [3.63, 3.8) is 0 Å². The Morgan fingerprint density at radius 2 is 1.95 bits per heavy atom. The van der Waals surface area contributed by atoms with Gasteiger partial charge in [-0.1, -0.05) is 23.7 Å². The number of carbonyl (C=O) groups excluding carboxylic acids is 1. The van der Waals surface area contributed by atoms with Crippen molar-refractivity contribution in [1.29, 1.82) is 0 Å². The number of benzene rings is 1. The molecule has 104 valence electrons. The average Bonchev–Trinajstić information content (AvgIpc) is 2.47. The summed E-state index contributed by atoms with van der Waals surface area (Å²) < 4.78 is 0. The van der Waals surface area contributed by atoms with E-state index in [1.807, 2.05) is 31.2 Å². The zero-order valence-corrected chi connectivity index (χ0v) is 12.1. The summed E-state index contributed by atoms with van der Waals surface area (Å²) in [5.74, 6) is 0.531. The molecular weight excluding hydrogens is 274 g/mol. The lowest BCUT2D eigenvalue weighted by atomic mass is 10.1. The molecule has 0 fully saturated rings. The molecule has 0 aliphatic heterocycles. The van der Waals surface area contributed by atoms with E-state index < -0.39 is 0 Å². The van der Waals surface area contributed by atoms with Crippen LogP contribution in [0.2, 0.25) is 5.02 Å². The summed E-state index contributed by atoms with van der Waals surface area (Å²) in [7, 11) is 1.76. The van der Waals surface area contributed by atoms with Crippen LogP contribution >= 0.6 is 11.6 Å². The fourth-order valence-electron chi connectivity index (χ4n) is 1.82. The molecule has 2 aromatic rings. The number of amides is 1. The zero-order valence-electron chi connectivity index (χ0n) is 11.4. The maximum absolute atomic E-state index is 12.2. The lowest BCUT2D eigenvalue weighted by molar-refractivity contribution is 0.0940. The van der Waals surface area contributed by atoms with Gasteiger partial charge >= 0.3 is 0 Å². The van der Waals surface area contributed by atoms with Crippen LogP contribution in [-0.4, -0.2) is 17.9 Å². The molecule has 0 saturated heterocycles. The molecule has 1 aromatic heterocycles. The SMILES string of the molecule is CNc1cc(C(=O)NC(C)c2ccc(Cl)cc2)ccn1. The van der Waals surface area contributed by atoms with E-state index in [0.29, 0.717) is 16.4 Å². The smallest absolute Gasteiger partial charge is 0.251 e. The number of carbonyl (C=O) groups is 1. The van der Waals surface area contributed by atoms with Crippen molar-refractivity contribution < 1.29 is 4.79 Å². The molecule has 1 aromatic carbocycles. The van der Waals surface area contributed by atoms with Crippen LogP contribution in [0.25, 0.3) is 0 Å². The van der Waals surface area contributed by atoms with E-state index in [0.717, 1.165) is 5.56 Å². The largest absolute Gasteiger partial charge is 0.373 e. The van der Waals surface area contributed by atoms with Gasteiger partial charge in [0.05, 0.1) is 6.04 Å². The average molecular weight is 290 g/mol. The minimum Gasteiger partial charge on any atom is -0.373 e. The van der Waals surface area contributed by atoms with E-state index in [-0.39, 0.29) is 11.9 Å². The van der Waals surface area contributed by atoms with Gasteiger partial charge in [-0.25, -0.2) is 4.98 Å².